The van der Waals surface area contributed by atoms with Gasteiger partial charge in [-0.2, -0.15) is 0 Å². The van der Waals surface area contributed by atoms with Crippen LogP contribution < -0.4 is 20.3 Å². The van der Waals surface area contributed by atoms with Crippen molar-refractivity contribution in [3.63, 3.8) is 0 Å². The highest BCUT2D eigenvalue weighted by atomic mass is 19.1. The van der Waals surface area contributed by atoms with Gasteiger partial charge >= 0.3 is 0 Å². The monoisotopic (exact) mass is 360 g/mol. The van der Waals surface area contributed by atoms with Gasteiger partial charge in [0, 0.05) is 6.07 Å². The van der Waals surface area contributed by atoms with Crippen molar-refractivity contribution in [1.29, 1.82) is 0 Å². The Balaban J connectivity index is 1.95. The molecule has 0 aromatic heterocycles. The van der Waals surface area contributed by atoms with E-state index in [4.69, 9.17) is 9.47 Å². The van der Waals surface area contributed by atoms with E-state index in [0.29, 0.717) is 11.5 Å². The Hall–Kier alpha value is -3.09. The summed E-state index contributed by atoms with van der Waals surface area (Å²) in [5, 5.41) is 0. The lowest BCUT2D eigenvalue weighted by Crippen LogP contribution is -2.47. The lowest BCUT2D eigenvalue weighted by Gasteiger charge is -2.17. The quantitative estimate of drug-likeness (QED) is 0.804. The Morgan fingerprint density at radius 1 is 1.12 bits per heavy atom. The SMILES string of the molecule is COc1ccc(C(=O)NNC(=O)[C@H](C)Oc2cccc(C)c2C)c(F)c1. The van der Waals surface area contributed by atoms with Crippen molar-refractivity contribution in [1.82, 2.24) is 10.9 Å². The average Bonchev–Trinajstić information content (AvgIpc) is 2.62. The summed E-state index contributed by atoms with van der Waals surface area (Å²) in [7, 11) is 1.39. The zero-order valence-electron chi connectivity index (χ0n) is 15.1. The van der Waals surface area contributed by atoms with Crippen LogP contribution in [0.2, 0.25) is 0 Å². The molecule has 0 aliphatic rings. The molecule has 0 saturated heterocycles. The van der Waals surface area contributed by atoms with Gasteiger partial charge in [0.25, 0.3) is 11.8 Å². The highest BCUT2D eigenvalue weighted by molar-refractivity contribution is 5.96. The first-order chi connectivity index (χ1) is 12.3. The summed E-state index contributed by atoms with van der Waals surface area (Å²) in [4.78, 5) is 24.1. The van der Waals surface area contributed by atoms with Crippen molar-refractivity contribution in [2.45, 2.75) is 26.9 Å². The molecule has 0 bridgehead atoms. The molecular formula is C19H21FN2O4. The van der Waals surface area contributed by atoms with Crippen LogP contribution in [-0.2, 0) is 4.79 Å². The number of hydrogen-bond donors (Lipinski definition) is 2. The summed E-state index contributed by atoms with van der Waals surface area (Å²) >= 11 is 0. The second-order valence-corrected chi connectivity index (χ2v) is 5.75. The Labute approximate surface area is 151 Å². The number of carbonyl (C=O) groups is 2. The Kier molecular flexibility index (Phi) is 6.16. The third-order valence-corrected chi connectivity index (χ3v) is 3.95. The zero-order valence-corrected chi connectivity index (χ0v) is 15.1. The molecule has 0 heterocycles. The summed E-state index contributed by atoms with van der Waals surface area (Å²) in [6.45, 7) is 5.39. The second kappa shape index (κ2) is 8.33. The Morgan fingerprint density at radius 2 is 1.85 bits per heavy atom. The summed E-state index contributed by atoms with van der Waals surface area (Å²) in [5.74, 6) is -1.22. The number of hydrazine groups is 1. The van der Waals surface area contributed by atoms with E-state index in [2.05, 4.69) is 10.9 Å². The van der Waals surface area contributed by atoms with Gasteiger partial charge in [-0.3, -0.25) is 20.4 Å². The molecule has 2 amide bonds. The smallest absolute Gasteiger partial charge is 0.279 e. The number of amides is 2. The molecule has 6 nitrogen and oxygen atoms in total. The van der Waals surface area contributed by atoms with Crippen LogP contribution in [0.4, 0.5) is 4.39 Å². The second-order valence-electron chi connectivity index (χ2n) is 5.75. The van der Waals surface area contributed by atoms with Crippen molar-refractivity contribution in [3.8, 4) is 11.5 Å². The minimum atomic E-state index is -0.850. The van der Waals surface area contributed by atoms with Crippen LogP contribution in [0, 0.1) is 19.7 Å². The number of hydrogen-bond acceptors (Lipinski definition) is 4. The third kappa shape index (κ3) is 4.50. The molecule has 138 valence electrons. The summed E-state index contributed by atoms with van der Waals surface area (Å²) in [6, 6.07) is 9.34. The maximum atomic E-state index is 13.9. The van der Waals surface area contributed by atoms with Crippen molar-refractivity contribution in [2.75, 3.05) is 7.11 Å². The number of carbonyl (C=O) groups excluding carboxylic acids is 2. The summed E-state index contributed by atoms with van der Waals surface area (Å²) in [6.07, 6.45) is -0.850. The van der Waals surface area contributed by atoms with Gasteiger partial charge in [-0.15, -0.1) is 0 Å². The Bertz CT molecular complexity index is 823. The predicted octanol–water partition coefficient (Wildman–Crippen LogP) is 2.68. The van der Waals surface area contributed by atoms with Gasteiger partial charge < -0.3 is 9.47 Å². The number of halogens is 1. The molecule has 0 spiro atoms. The fraction of sp³-hybridized carbons (Fsp3) is 0.263. The molecule has 2 aromatic rings. The number of aryl methyl sites for hydroxylation is 1. The maximum absolute atomic E-state index is 13.9. The van der Waals surface area contributed by atoms with Crippen LogP contribution in [0.1, 0.15) is 28.4 Å². The Morgan fingerprint density at radius 3 is 2.50 bits per heavy atom. The molecule has 1 atom stereocenters. The molecule has 0 saturated carbocycles. The summed E-state index contributed by atoms with van der Waals surface area (Å²) in [5.41, 5.74) is 6.15. The number of benzene rings is 2. The number of nitrogens with one attached hydrogen (secondary N) is 2. The largest absolute Gasteiger partial charge is 0.497 e. The van der Waals surface area contributed by atoms with Gasteiger partial charge in [0.2, 0.25) is 0 Å². The topological polar surface area (TPSA) is 76.7 Å². The van der Waals surface area contributed by atoms with E-state index in [1.807, 2.05) is 26.0 Å². The van der Waals surface area contributed by atoms with Crippen LogP contribution in [-0.4, -0.2) is 25.0 Å². The van der Waals surface area contributed by atoms with Crippen LogP contribution >= 0.6 is 0 Å². The van der Waals surface area contributed by atoms with Gasteiger partial charge in [-0.1, -0.05) is 12.1 Å². The predicted molar refractivity (Wildman–Crippen MR) is 94.6 cm³/mol. The third-order valence-electron chi connectivity index (χ3n) is 3.95. The highest BCUT2D eigenvalue weighted by Gasteiger charge is 2.18. The van der Waals surface area contributed by atoms with Gasteiger partial charge in [0.1, 0.15) is 17.3 Å². The van der Waals surface area contributed by atoms with E-state index in [1.165, 1.54) is 19.2 Å². The molecule has 7 heteroatoms. The van der Waals surface area contributed by atoms with Crippen molar-refractivity contribution < 1.29 is 23.5 Å². The van der Waals surface area contributed by atoms with Gasteiger partial charge in [0.05, 0.1) is 12.7 Å². The van der Waals surface area contributed by atoms with Gasteiger partial charge in [-0.25, -0.2) is 4.39 Å². The van der Waals surface area contributed by atoms with Crippen molar-refractivity contribution in [3.05, 3.63) is 58.9 Å². The van der Waals surface area contributed by atoms with Crippen LogP contribution in [0.3, 0.4) is 0 Å². The van der Waals surface area contributed by atoms with E-state index in [1.54, 1.807) is 13.0 Å². The van der Waals surface area contributed by atoms with Crippen LogP contribution in [0.15, 0.2) is 36.4 Å². The maximum Gasteiger partial charge on any atom is 0.279 e. The lowest BCUT2D eigenvalue weighted by molar-refractivity contribution is -0.128. The molecule has 0 radical (unpaired) electrons. The normalized spacial score (nSPS) is 11.4. The molecule has 26 heavy (non-hydrogen) atoms. The van der Waals surface area contributed by atoms with E-state index in [-0.39, 0.29) is 5.56 Å². The molecule has 0 aliphatic heterocycles. The van der Waals surface area contributed by atoms with Crippen molar-refractivity contribution >= 4 is 11.8 Å². The lowest BCUT2D eigenvalue weighted by atomic mass is 10.1. The number of methoxy groups -OCH3 is 1. The first-order valence-electron chi connectivity index (χ1n) is 8.00. The van der Waals surface area contributed by atoms with E-state index >= 15 is 0 Å². The van der Waals surface area contributed by atoms with Gasteiger partial charge in [-0.05, 0) is 50.1 Å². The number of ether oxygens (including phenoxy) is 2. The molecule has 0 fully saturated rings. The van der Waals surface area contributed by atoms with Crippen LogP contribution in [0.5, 0.6) is 11.5 Å². The minimum Gasteiger partial charge on any atom is -0.497 e. The fourth-order valence-corrected chi connectivity index (χ4v) is 2.19. The molecule has 0 unspecified atom stereocenters. The summed E-state index contributed by atoms with van der Waals surface area (Å²) < 4.78 is 24.4. The molecule has 2 aromatic carbocycles. The number of rotatable bonds is 5. The van der Waals surface area contributed by atoms with Crippen LogP contribution in [0.25, 0.3) is 0 Å². The van der Waals surface area contributed by atoms with E-state index < -0.39 is 23.7 Å². The fourth-order valence-electron chi connectivity index (χ4n) is 2.19. The van der Waals surface area contributed by atoms with E-state index in [9.17, 15) is 14.0 Å². The standard InChI is InChI=1S/C19H21FN2O4/c1-11-6-5-7-17(12(11)2)26-13(3)18(23)21-22-19(24)15-9-8-14(25-4)10-16(15)20/h5-10,13H,1-4H3,(H,21,23)(H,22,24)/t13-/m0/s1. The van der Waals surface area contributed by atoms with Gasteiger partial charge in [0.15, 0.2) is 6.10 Å². The zero-order chi connectivity index (χ0) is 19.3. The molecule has 0 aliphatic carbocycles. The first-order valence-corrected chi connectivity index (χ1v) is 8.00. The first kappa shape index (κ1) is 19.2. The molecular weight excluding hydrogens is 339 g/mol. The molecule has 2 rings (SSSR count). The van der Waals surface area contributed by atoms with Crippen molar-refractivity contribution in [2.24, 2.45) is 0 Å². The van der Waals surface area contributed by atoms with E-state index in [0.717, 1.165) is 17.2 Å². The average molecular weight is 360 g/mol. The minimum absolute atomic E-state index is 0.214. The molecule has 2 N–H and O–H groups in total. The highest BCUT2D eigenvalue weighted by Crippen LogP contribution is 2.21.